The maximum Gasteiger partial charge on any atom is 0.410 e. The van der Waals surface area contributed by atoms with Crippen LogP contribution < -0.4 is 4.90 Å². The molecule has 0 spiro atoms. The molecule has 0 radical (unpaired) electrons. The zero-order valence-electron chi connectivity index (χ0n) is 12.8. The fourth-order valence-electron chi connectivity index (χ4n) is 2.80. The lowest BCUT2D eigenvalue weighted by Crippen LogP contribution is -2.48. The zero-order valence-corrected chi connectivity index (χ0v) is 12.8. The van der Waals surface area contributed by atoms with Crippen molar-refractivity contribution in [2.75, 3.05) is 25.1 Å². The number of ether oxygens (including phenoxy) is 1. The highest BCUT2D eigenvalue weighted by atomic mass is 16.5. The number of carbonyl (C=O) groups excluding carboxylic acids is 2. The first-order valence-electron chi connectivity index (χ1n) is 7.31. The molecule has 5 heteroatoms. The monoisotopic (exact) mass is 290 g/mol. The molecule has 1 aromatic carbocycles. The van der Waals surface area contributed by atoms with Crippen molar-refractivity contribution < 1.29 is 14.3 Å². The Balaban J connectivity index is 2.22. The highest BCUT2D eigenvalue weighted by molar-refractivity contribution is 5.99. The molecule has 0 N–H and O–H groups in total. The number of amides is 2. The number of aryl methyl sites for hydroxylation is 1. The van der Waals surface area contributed by atoms with E-state index in [2.05, 4.69) is 0 Å². The molecule has 1 atom stereocenters. The molecule has 114 valence electrons. The Bertz CT molecular complexity index is 530. The molecular formula is C16H22N2O3. The van der Waals surface area contributed by atoms with Crippen molar-refractivity contribution in [2.45, 2.75) is 32.7 Å². The van der Waals surface area contributed by atoms with Gasteiger partial charge in [0.15, 0.2) is 0 Å². The molecule has 1 fully saturated rings. The first kappa shape index (κ1) is 15.4. The van der Waals surface area contributed by atoms with Crippen LogP contribution in [0.1, 0.15) is 25.3 Å². The molecule has 1 unspecified atom stereocenters. The molecule has 1 heterocycles. The lowest BCUT2D eigenvalue weighted by molar-refractivity contribution is -0.122. The van der Waals surface area contributed by atoms with E-state index in [1.165, 1.54) is 12.0 Å². The Morgan fingerprint density at radius 1 is 1.43 bits per heavy atom. The van der Waals surface area contributed by atoms with Gasteiger partial charge in [0.05, 0.1) is 7.11 Å². The van der Waals surface area contributed by atoms with Crippen LogP contribution in [0.2, 0.25) is 0 Å². The van der Waals surface area contributed by atoms with Crippen LogP contribution in [0.15, 0.2) is 24.3 Å². The SMILES string of the molecule is CCN(C(=O)C1CCCN1C(=O)OC)c1cccc(C)c1. The third-order valence-electron chi connectivity index (χ3n) is 3.84. The van der Waals surface area contributed by atoms with E-state index in [0.717, 1.165) is 17.7 Å². The van der Waals surface area contributed by atoms with E-state index < -0.39 is 12.1 Å². The molecule has 1 aliphatic heterocycles. The topological polar surface area (TPSA) is 49.9 Å². The fourth-order valence-corrected chi connectivity index (χ4v) is 2.80. The highest BCUT2D eigenvalue weighted by Gasteiger charge is 2.37. The van der Waals surface area contributed by atoms with Gasteiger partial charge in [0, 0.05) is 18.8 Å². The molecule has 0 aromatic heterocycles. The summed E-state index contributed by atoms with van der Waals surface area (Å²) < 4.78 is 4.77. The number of hydrogen-bond donors (Lipinski definition) is 0. The molecule has 0 aliphatic carbocycles. The Labute approximate surface area is 125 Å². The average Bonchev–Trinajstić information content (AvgIpc) is 2.96. The summed E-state index contributed by atoms with van der Waals surface area (Å²) in [6.07, 6.45) is 1.10. The van der Waals surface area contributed by atoms with Gasteiger partial charge >= 0.3 is 6.09 Å². The minimum atomic E-state index is -0.425. The highest BCUT2D eigenvalue weighted by Crippen LogP contribution is 2.24. The van der Waals surface area contributed by atoms with Crippen LogP contribution in [-0.2, 0) is 9.53 Å². The third kappa shape index (κ3) is 3.17. The second-order valence-electron chi connectivity index (χ2n) is 5.24. The van der Waals surface area contributed by atoms with Gasteiger partial charge in [-0.15, -0.1) is 0 Å². The van der Waals surface area contributed by atoms with Gasteiger partial charge in [-0.3, -0.25) is 9.69 Å². The summed E-state index contributed by atoms with van der Waals surface area (Å²) in [5, 5.41) is 0. The van der Waals surface area contributed by atoms with Crippen LogP contribution in [0.25, 0.3) is 0 Å². The molecule has 21 heavy (non-hydrogen) atoms. The van der Waals surface area contributed by atoms with Gasteiger partial charge in [-0.1, -0.05) is 12.1 Å². The maximum atomic E-state index is 12.8. The molecule has 1 aromatic rings. The quantitative estimate of drug-likeness (QED) is 0.859. The number of carbonyl (C=O) groups is 2. The summed E-state index contributed by atoms with van der Waals surface area (Å²) in [7, 11) is 1.35. The van der Waals surface area contributed by atoms with E-state index in [4.69, 9.17) is 4.74 Å². The molecule has 1 saturated heterocycles. The van der Waals surface area contributed by atoms with Gasteiger partial charge < -0.3 is 9.64 Å². The molecular weight excluding hydrogens is 268 g/mol. The van der Waals surface area contributed by atoms with Crippen molar-refractivity contribution in [2.24, 2.45) is 0 Å². The second-order valence-corrected chi connectivity index (χ2v) is 5.24. The molecule has 5 nitrogen and oxygen atoms in total. The van der Waals surface area contributed by atoms with Gasteiger partial charge in [-0.25, -0.2) is 4.79 Å². The third-order valence-corrected chi connectivity index (χ3v) is 3.84. The van der Waals surface area contributed by atoms with Gasteiger partial charge in [-0.2, -0.15) is 0 Å². The second kappa shape index (κ2) is 6.61. The molecule has 0 saturated carbocycles. The van der Waals surface area contributed by atoms with Gasteiger partial charge in [-0.05, 0) is 44.4 Å². The summed E-state index contributed by atoms with van der Waals surface area (Å²) in [4.78, 5) is 27.8. The Kier molecular flexibility index (Phi) is 4.83. The predicted molar refractivity (Wildman–Crippen MR) is 81.3 cm³/mol. The van der Waals surface area contributed by atoms with E-state index in [1.807, 2.05) is 38.1 Å². The standard InChI is InChI=1S/C16H22N2O3/c1-4-17(13-8-5-7-12(2)11-13)15(19)14-9-6-10-18(14)16(20)21-3/h5,7-8,11,14H,4,6,9-10H2,1-3H3. The Morgan fingerprint density at radius 2 is 2.19 bits per heavy atom. The lowest BCUT2D eigenvalue weighted by Gasteiger charge is -2.29. The van der Waals surface area contributed by atoms with Crippen molar-refractivity contribution in [3.05, 3.63) is 29.8 Å². The van der Waals surface area contributed by atoms with Gasteiger partial charge in [0.25, 0.3) is 0 Å². The zero-order chi connectivity index (χ0) is 15.4. The van der Waals surface area contributed by atoms with Crippen LogP contribution in [0.4, 0.5) is 10.5 Å². The van der Waals surface area contributed by atoms with E-state index >= 15 is 0 Å². The van der Waals surface area contributed by atoms with Crippen molar-refractivity contribution in [1.29, 1.82) is 0 Å². The molecule has 2 amide bonds. The van der Waals surface area contributed by atoms with Gasteiger partial charge in [0.1, 0.15) is 6.04 Å². The van der Waals surface area contributed by atoms with Crippen LogP contribution in [0, 0.1) is 6.92 Å². The number of benzene rings is 1. The first-order chi connectivity index (χ1) is 10.1. The molecule has 0 bridgehead atoms. The summed E-state index contributed by atoms with van der Waals surface area (Å²) in [5.41, 5.74) is 1.98. The van der Waals surface area contributed by atoms with Crippen molar-refractivity contribution >= 4 is 17.7 Å². The largest absolute Gasteiger partial charge is 0.453 e. The summed E-state index contributed by atoms with van der Waals surface area (Å²) in [6, 6.07) is 7.42. The minimum absolute atomic E-state index is 0.0361. The van der Waals surface area contributed by atoms with E-state index in [0.29, 0.717) is 19.5 Å². The minimum Gasteiger partial charge on any atom is -0.453 e. The van der Waals surface area contributed by atoms with Crippen molar-refractivity contribution in [3.8, 4) is 0 Å². The van der Waals surface area contributed by atoms with Crippen molar-refractivity contribution in [3.63, 3.8) is 0 Å². The normalized spacial score (nSPS) is 17.7. The number of rotatable bonds is 3. The first-order valence-corrected chi connectivity index (χ1v) is 7.31. The summed E-state index contributed by atoms with van der Waals surface area (Å²) in [5.74, 6) is -0.0361. The van der Waals surface area contributed by atoms with Crippen LogP contribution in [0.5, 0.6) is 0 Å². The van der Waals surface area contributed by atoms with E-state index in [9.17, 15) is 9.59 Å². The van der Waals surface area contributed by atoms with Crippen LogP contribution >= 0.6 is 0 Å². The number of nitrogens with zero attached hydrogens (tertiary/aromatic N) is 2. The Morgan fingerprint density at radius 3 is 2.81 bits per heavy atom. The Hall–Kier alpha value is -2.04. The average molecular weight is 290 g/mol. The smallest absolute Gasteiger partial charge is 0.410 e. The number of likely N-dealkylation sites (tertiary alicyclic amines) is 1. The number of hydrogen-bond acceptors (Lipinski definition) is 3. The van der Waals surface area contributed by atoms with E-state index in [1.54, 1.807) is 4.90 Å². The van der Waals surface area contributed by atoms with Gasteiger partial charge in [0.2, 0.25) is 5.91 Å². The summed E-state index contributed by atoms with van der Waals surface area (Å²) in [6.45, 7) is 5.10. The van der Waals surface area contributed by atoms with Crippen LogP contribution in [0.3, 0.4) is 0 Å². The number of anilines is 1. The molecule has 1 aliphatic rings. The maximum absolute atomic E-state index is 12.8. The number of likely N-dealkylation sites (N-methyl/N-ethyl adjacent to an activating group) is 1. The lowest BCUT2D eigenvalue weighted by atomic mass is 10.1. The van der Waals surface area contributed by atoms with Crippen LogP contribution in [-0.4, -0.2) is 43.1 Å². The predicted octanol–water partition coefficient (Wildman–Crippen LogP) is 2.58. The number of methoxy groups -OCH3 is 1. The van der Waals surface area contributed by atoms with E-state index in [-0.39, 0.29) is 5.91 Å². The summed E-state index contributed by atoms with van der Waals surface area (Å²) >= 11 is 0. The molecule has 2 rings (SSSR count). The fraction of sp³-hybridized carbons (Fsp3) is 0.500. The van der Waals surface area contributed by atoms with Crippen molar-refractivity contribution in [1.82, 2.24) is 4.90 Å².